The van der Waals surface area contributed by atoms with Gasteiger partial charge in [0.05, 0.1) is 24.8 Å². The molecular formula is C16H15F3N6O. The van der Waals surface area contributed by atoms with Gasteiger partial charge in [-0.05, 0) is 17.7 Å². The molecule has 0 bridgehead atoms. The number of H-pyrrole nitrogens is 1. The minimum absolute atomic E-state index is 0.0755. The van der Waals surface area contributed by atoms with Crippen molar-refractivity contribution in [2.24, 2.45) is 0 Å². The van der Waals surface area contributed by atoms with Crippen molar-refractivity contribution in [3.05, 3.63) is 65.5 Å². The molecule has 0 spiro atoms. The largest absolute Gasteiger partial charge is 0.416 e. The van der Waals surface area contributed by atoms with Crippen molar-refractivity contribution in [2.75, 3.05) is 7.05 Å². The fraction of sp³-hybridized carbons (Fsp3) is 0.250. The molecule has 1 N–H and O–H groups in total. The number of amides is 1. The quantitative estimate of drug-likeness (QED) is 0.754. The topological polar surface area (TPSA) is 79.7 Å². The number of nitrogens with one attached hydrogen (secondary N) is 1. The lowest BCUT2D eigenvalue weighted by molar-refractivity contribution is -0.137. The second-order valence-electron chi connectivity index (χ2n) is 5.70. The van der Waals surface area contributed by atoms with Gasteiger partial charge in [0.15, 0.2) is 5.69 Å². The van der Waals surface area contributed by atoms with Crippen molar-refractivity contribution in [1.29, 1.82) is 0 Å². The molecule has 1 aromatic carbocycles. The summed E-state index contributed by atoms with van der Waals surface area (Å²) in [5, 5.41) is 7.62. The highest BCUT2D eigenvalue weighted by atomic mass is 19.4. The summed E-state index contributed by atoms with van der Waals surface area (Å²) in [5.41, 5.74) is -0.219. The summed E-state index contributed by atoms with van der Waals surface area (Å²) in [6, 6.07) is 4.94. The van der Waals surface area contributed by atoms with Crippen LogP contribution < -0.4 is 0 Å². The van der Waals surface area contributed by atoms with Crippen LogP contribution in [0.25, 0.3) is 0 Å². The molecule has 3 rings (SSSR count). The molecule has 2 aromatic heterocycles. The van der Waals surface area contributed by atoms with Gasteiger partial charge in [0.2, 0.25) is 0 Å². The third-order valence-electron chi connectivity index (χ3n) is 3.65. The summed E-state index contributed by atoms with van der Waals surface area (Å²) in [4.78, 5) is 20.7. The summed E-state index contributed by atoms with van der Waals surface area (Å²) < 4.78 is 39.6. The molecule has 0 saturated heterocycles. The van der Waals surface area contributed by atoms with Crippen molar-refractivity contribution in [1.82, 2.24) is 29.9 Å². The van der Waals surface area contributed by atoms with Gasteiger partial charge in [-0.1, -0.05) is 17.3 Å². The summed E-state index contributed by atoms with van der Waals surface area (Å²) in [6.07, 6.45) is 0.229. The number of hydrogen-bond donors (Lipinski definition) is 1. The Morgan fingerprint density at radius 2 is 2.15 bits per heavy atom. The van der Waals surface area contributed by atoms with Crippen molar-refractivity contribution in [3.8, 4) is 0 Å². The molecule has 0 unspecified atom stereocenters. The highest BCUT2D eigenvalue weighted by Gasteiger charge is 2.30. The molecule has 3 aromatic rings. The van der Waals surface area contributed by atoms with Crippen LogP contribution in [0.4, 0.5) is 13.2 Å². The van der Waals surface area contributed by atoms with E-state index in [-0.39, 0.29) is 24.7 Å². The van der Waals surface area contributed by atoms with Crippen LogP contribution in [-0.4, -0.2) is 42.8 Å². The van der Waals surface area contributed by atoms with Crippen molar-refractivity contribution >= 4 is 5.91 Å². The molecule has 136 valence electrons. The summed E-state index contributed by atoms with van der Waals surface area (Å²) >= 11 is 0. The highest BCUT2D eigenvalue weighted by Crippen LogP contribution is 2.29. The molecule has 7 nitrogen and oxygen atoms in total. The number of nitrogens with zero attached hydrogens (tertiary/aromatic N) is 5. The van der Waals surface area contributed by atoms with E-state index in [2.05, 4.69) is 20.3 Å². The molecule has 10 heteroatoms. The number of rotatable bonds is 5. The zero-order valence-electron chi connectivity index (χ0n) is 13.7. The number of halogens is 3. The number of hydrogen-bond acceptors (Lipinski definition) is 4. The Morgan fingerprint density at radius 1 is 1.35 bits per heavy atom. The predicted molar refractivity (Wildman–Crippen MR) is 85.0 cm³/mol. The van der Waals surface area contributed by atoms with E-state index in [0.29, 0.717) is 11.4 Å². The second-order valence-corrected chi connectivity index (χ2v) is 5.70. The fourth-order valence-electron chi connectivity index (χ4n) is 2.38. The van der Waals surface area contributed by atoms with Gasteiger partial charge >= 0.3 is 6.18 Å². The number of carbonyl (C=O) groups excluding carboxylic acids is 1. The molecule has 0 radical (unpaired) electrons. The van der Waals surface area contributed by atoms with Gasteiger partial charge in [0.25, 0.3) is 5.91 Å². The number of imidazole rings is 1. The van der Waals surface area contributed by atoms with Gasteiger partial charge in [0, 0.05) is 19.4 Å². The Balaban J connectivity index is 1.69. The van der Waals surface area contributed by atoms with Gasteiger partial charge in [-0.15, -0.1) is 5.10 Å². The monoisotopic (exact) mass is 364 g/mol. The number of carbonyl (C=O) groups is 1. The molecule has 0 aliphatic carbocycles. The van der Waals surface area contributed by atoms with E-state index in [0.717, 1.165) is 12.1 Å². The minimum atomic E-state index is -4.41. The van der Waals surface area contributed by atoms with Crippen molar-refractivity contribution in [3.63, 3.8) is 0 Å². The average molecular weight is 364 g/mol. The molecule has 0 atom stereocenters. The first kappa shape index (κ1) is 17.6. The fourth-order valence-corrected chi connectivity index (χ4v) is 2.38. The highest BCUT2D eigenvalue weighted by molar-refractivity contribution is 5.91. The SMILES string of the molecule is CN(Cc1ncc[nH]1)C(=O)c1cn(Cc2cccc(C(F)(F)F)c2)nn1. The van der Waals surface area contributed by atoms with Gasteiger partial charge in [-0.2, -0.15) is 13.2 Å². The lowest BCUT2D eigenvalue weighted by Gasteiger charge is -2.13. The van der Waals surface area contributed by atoms with E-state index >= 15 is 0 Å². The van der Waals surface area contributed by atoms with Crippen LogP contribution in [0.3, 0.4) is 0 Å². The van der Waals surface area contributed by atoms with Crippen LogP contribution in [0.1, 0.15) is 27.4 Å². The first-order valence-corrected chi connectivity index (χ1v) is 7.63. The zero-order chi connectivity index (χ0) is 18.7. The molecule has 26 heavy (non-hydrogen) atoms. The summed E-state index contributed by atoms with van der Waals surface area (Å²) in [7, 11) is 1.59. The number of benzene rings is 1. The lowest BCUT2D eigenvalue weighted by atomic mass is 10.1. The molecule has 0 aliphatic heterocycles. The minimum Gasteiger partial charge on any atom is -0.347 e. The first-order chi connectivity index (χ1) is 12.3. The average Bonchev–Trinajstić information content (AvgIpc) is 3.25. The maximum absolute atomic E-state index is 12.8. The third-order valence-corrected chi connectivity index (χ3v) is 3.65. The van der Waals surface area contributed by atoms with Crippen LogP contribution in [0.2, 0.25) is 0 Å². The molecule has 1 amide bonds. The second kappa shape index (κ2) is 6.98. The Bertz CT molecular complexity index is 888. The molecule has 2 heterocycles. The van der Waals surface area contributed by atoms with Crippen molar-refractivity contribution in [2.45, 2.75) is 19.3 Å². The van der Waals surface area contributed by atoms with Crippen LogP contribution in [0.5, 0.6) is 0 Å². The van der Waals surface area contributed by atoms with Crippen molar-refractivity contribution < 1.29 is 18.0 Å². The predicted octanol–water partition coefficient (Wildman–Crippen LogP) is 2.34. The van der Waals surface area contributed by atoms with E-state index in [1.165, 1.54) is 21.8 Å². The van der Waals surface area contributed by atoms with E-state index in [9.17, 15) is 18.0 Å². The van der Waals surface area contributed by atoms with E-state index in [1.807, 2.05) is 0 Å². The van der Waals surface area contributed by atoms with Crippen LogP contribution in [-0.2, 0) is 19.3 Å². The maximum atomic E-state index is 12.8. The molecule has 0 aliphatic rings. The van der Waals surface area contributed by atoms with Crippen LogP contribution in [0, 0.1) is 0 Å². The van der Waals surface area contributed by atoms with Crippen LogP contribution >= 0.6 is 0 Å². The van der Waals surface area contributed by atoms with Crippen LogP contribution in [0.15, 0.2) is 42.9 Å². The number of alkyl halides is 3. The zero-order valence-corrected chi connectivity index (χ0v) is 13.7. The maximum Gasteiger partial charge on any atom is 0.416 e. The smallest absolute Gasteiger partial charge is 0.347 e. The Morgan fingerprint density at radius 3 is 2.85 bits per heavy atom. The van der Waals surface area contributed by atoms with E-state index in [1.54, 1.807) is 25.5 Å². The Kier molecular flexibility index (Phi) is 4.74. The number of aromatic amines is 1. The molecule has 0 saturated carbocycles. The van der Waals surface area contributed by atoms with Gasteiger partial charge in [-0.3, -0.25) is 4.79 Å². The lowest BCUT2D eigenvalue weighted by Crippen LogP contribution is -2.27. The molecular weight excluding hydrogens is 349 g/mol. The number of aromatic nitrogens is 5. The summed E-state index contributed by atoms with van der Waals surface area (Å²) in [5.74, 6) is 0.258. The van der Waals surface area contributed by atoms with E-state index in [4.69, 9.17) is 0 Å². The first-order valence-electron chi connectivity index (χ1n) is 7.63. The van der Waals surface area contributed by atoms with Gasteiger partial charge < -0.3 is 9.88 Å². The third kappa shape index (κ3) is 4.08. The van der Waals surface area contributed by atoms with Gasteiger partial charge in [-0.25, -0.2) is 9.67 Å². The normalized spacial score (nSPS) is 11.5. The standard InChI is InChI=1S/C16H15F3N6O/c1-24(10-14-20-5-6-21-14)15(26)13-9-25(23-22-13)8-11-3-2-4-12(7-11)16(17,18)19/h2-7,9H,8,10H2,1H3,(H,20,21). The molecule has 0 fully saturated rings. The van der Waals surface area contributed by atoms with E-state index < -0.39 is 11.7 Å². The summed E-state index contributed by atoms with van der Waals surface area (Å²) in [6.45, 7) is 0.346. The Hall–Kier alpha value is -3.17. The van der Waals surface area contributed by atoms with Gasteiger partial charge in [0.1, 0.15) is 5.82 Å². The Labute approximate surface area is 146 Å².